The Bertz CT molecular complexity index is 1120. The van der Waals surface area contributed by atoms with Crippen LogP contribution in [0.3, 0.4) is 0 Å². The number of unbranched alkanes of at least 4 members (excludes halogenated alkanes) is 1. The minimum Gasteiger partial charge on any atom is -0.453 e. The Morgan fingerprint density at radius 2 is 1.93 bits per heavy atom. The van der Waals surface area contributed by atoms with Crippen LogP contribution in [0.4, 0.5) is 5.69 Å². The molecule has 3 rings (SSSR count). The van der Waals surface area contributed by atoms with Crippen molar-refractivity contribution in [2.24, 2.45) is 0 Å². The van der Waals surface area contributed by atoms with Gasteiger partial charge in [-0.2, -0.15) is 5.10 Å². The van der Waals surface area contributed by atoms with Crippen LogP contribution in [0, 0.1) is 10.1 Å². The maximum absolute atomic E-state index is 12.9. The highest BCUT2D eigenvalue weighted by Gasteiger charge is 2.21. The van der Waals surface area contributed by atoms with Crippen LogP contribution in [-0.4, -0.2) is 20.7 Å². The molecule has 1 aromatic heterocycles. The minimum absolute atomic E-state index is 0.0496. The zero-order valence-electron chi connectivity index (χ0n) is 16.2. The van der Waals surface area contributed by atoms with E-state index in [0.717, 1.165) is 12.8 Å². The van der Waals surface area contributed by atoms with Crippen molar-refractivity contribution in [3.63, 3.8) is 0 Å². The van der Waals surface area contributed by atoms with Crippen molar-refractivity contribution in [3.8, 4) is 0 Å². The van der Waals surface area contributed by atoms with Gasteiger partial charge in [-0.3, -0.25) is 14.9 Å². The molecule has 0 fully saturated rings. The summed E-state index contributed by atoms with van der Waals surface area (Å²) in [4.78, 5) is 36.0. The van der Waals surface area contributed by atoms with E-state index in [1.54, 1.807) is 37.3 Å². The number of esters is 1. The van der Waals surface area contributed by atoms with Gasteiger partial charge in [0.1, 0.15) is 6.10 Å². The van der Waals surface area contributed by atoms with E-state index in [-0.39, 0.29) is 16.9 Å². The third-order valence-electron chi connectivity index (χ3n) is 4.62. The van der Waals surface area contributed by atoms with Crippen LogP contribution in [0.2, 0.25) is 0 Å². The average molecular weight is 395 g/mol. The number of nitro groups is 1. The number of benzene rings is 2. The number of ether oxygens (including phenoxy) is 1. The lowest BCUT2D eigenvalue weighted by molar-refractivity contribution is -0.385. The van der Waals surface area contributed by atoms with Gasteiger partial charge >= 0.3 is 5.97 Å². The number of fused-ring (bicyclic) bond motifs is 1. The summed E-state index contributed by atoms with van der Waals surface area (Å²) in [6.07, 6.45) is 0.910. The molecule has 0 N–H and O–H groups in total. The predicted molar refractivity (Wildman–Crippen MR) is 108 cm³/mol. The van der Waals surface area contributed by atoms with Crippen molar-refractivity contribution < 1.29 is 14.5 Å². The van der Waals surface area contributed by atoms with Gasteiger partial charge in [-0.25, -0.2) is 9.48 Å². The molecule has 150 valence electrons. The largest absolute Gasteiger partial charge is 0.453 e. The smallest absolute Gasteiger partial charge is 0.360 e. The number of hydrogen-bond acceptors (Lipinski definition) is 6. The Kier molecular flexibility index (Phi) is 6.01. The fourth-order valence-electron chi connectivity index (χ4n) is 3.02. The Morgan fingerprint density at radius 1 is 1.21 bits per heavy atom. The van der Waals surface area contributed by atoms with E-state index in [1.165, 1.54) is 22.9 Å². The fraction of sp³-hybridized carbons (Fsp3) is 0.286. The van der Waals surface area contributed by atoms with Crippen LogP contribution in [-0.2, 0) is 11.3 Å². The van der Waals surface area contributed by atoms with E-state index in [9.17, 15) is 19.7 Å². The molecule has 0 amide bonds. The number of aromatic nitrogens is 2. The SMILES string of the molecule is CCCCn1nc(C(=O)O[C@H](C)c2cccc([N+](=O)[O-])c2)c2ccccc2c1=O. The van der Waals surface area contributed by atoms with E-state index < -0.39 is 17.0 Å². The van der Waals surface area contributed by atoms with E-state index in [2.05, 4.69) is 5.10 Å². The summed E-state index contributed by atoms with van der Waals surface area (Å²) in [6, 6.07) is 12.7. The van der Waals surface area contributed by atoms with Crippen molar-refractivity contribution in [1.29, 1.82) is 0 Å². The molecule has 2 aromatic carbocycles. The Morgan fingerprint density at radius 3 is 2.62 bits per heavy atom. The number of non-ortho nitro benzene ring substituents is 1. The van der Waals surface area contributed by atoms with Gasteiger partial charge in [0.15, 0.2) is 5.69 Å². The zero-order valence-corrected chi connectivity index (χ0v) is 16.2. The molecule has 0 saturated heterocycles. The van der Waals surface area contributed by atoms with E-state index in [4.69, 9.17) is 4.74 Å². The molecular formula is C21H21N3O5. The molecule has 8 heteroatoms. The molecule has 1 atom stereocenters. The minimum atomic E-state index is -0.723. The molecule has 3 aromatic rings. The molecular weight excluding hydrogens is 374 g/mol. The molecule has 29 heavy (non-hydrogen) atoms. The third kappa shape index (κ3) is 4.31. The van der Waals surface area contributed by atoms with E-state index >= 15 is 0 Å². The summed E-state index contributed by atoms with van der Waals surface area (Å²) >= 11 is 0. The summed E-state index contributed by atoms with van der Waals surface area (Å²) in [5.74, 6) is -0.689. The molecule has 0 radical (unpaired) electrons. The Labute approximate surface area is 166 Å². The molecule has 0 spiro atoms. The number of nitrogens with zero attached hydrogens (tertiary/aromatic N) is 3. The summed E-state index contributed by atoms with van der Waals surface area (Å²) in [5, 5.41) is 16.0. The third-order valence-corrected chi connectivity index (χ3v) is 4.62. The van der Waals surface area contributed by atoms with Crippen molar-refractivity contribution in [3.05, 3.63) is 80.3 Å². The van der Waals surface area contributed by atoms with Gasteiger partial charge in [0.25, 0.3) is 11.2 Å². The Balaban J connectivity index is 1.96. The summed E-state index contributed by atoms with van der Waals surface area (Å²) in [5.41, 5.74) is 0.212. The van der Waals surface area contributed by atoms with Gasteiger partial charge in [-0.1, -0.05) is 43.7 Å². The van der Waals surface area contributed by atoms with Crippen molar-refractivity contribution >= 4 is 22.4 Å². The quantitative estimate of drug-likeness (QED) is 0.340. The summed E-state index contributed by atoms with van der Waals surface area (Å²) in [7, 11) is 0. The molecule has 0 aliphatic rings. The maximum Gasteiger partial charge on any atom is 0.360 e. The van der Waals surface area contributed by atoms with Gasteiger partial charge < -0.3 is 4.74 Å². The van der Waals surface area contributed by atoms with Crippen LogP contribution >= 0.6 is 0 Å². The second-order valence-corrected chi connectivity index (χ2v) is 6.68. The van der Waals surface area contributed by atoms with Gasteiger partial charge in [-0.15, -0.1) is 0 Å². The topological polar surface area (TPSA) is 104 Å². The van der Waals surface area contributed by atoms with Crippen LogP contribution in [0.25, 0.3) is 10.8 Å². The lowest BCUT2D eigenvalue weighted by Gasteiger charge is -2.15. The van der Waals surface area contributed by atoms with Crippen molar-refractivity contribution in [1.82, 2.24) is 9.78 Å². The number of carbonyl (C=O) groups is 1. The monoisotopic (exact) mass is 395 g/mol. The van der Waals surface area contributed by atoms with E-state index in [0.29, 0.717) is 22.9 Å². The Hall–Kier alpha value is -3.55. The standard InChI is InChI=1S/C21H21N3O5/c1-3-4-12-23-20(25)18-11-6-5-10-17(18)19(22-23)21(26)29-14(2)15-8-7-9-16(13-15)24(27)28/h5-11,13-14H,3-4,12H2,1-2H3/t14-/m1/s1. The molecule has 0 saturated carbocycles. The molecule has 0 unspecified atom stereocenters. The first kappa shape index (κ1) is 20.2. The van der Waals surface area contributed by atoms with E-state index in [1.807, 2.05) is 6.92 Å². The first-order valence-electron chi connectivity index (χ1n) is 9.37. The second-order valence-electron chi connectivity index (χ2n) is 6.68. The molecule has 0 bridgehead atoms. The summed E-state index contributed by atoms with van der Waals surface area (Å²) in [6.45, 7) is 4.04. The highest BCUT2D eigenvalue weighted by Crippen LogP contribution is 2.24. The van der Waals surface area contributed by atoms with Crippen LogP contribution in [0.5, 0.6) is 0 Å². The zero-order chi connectivity index (χ0) is 21.0. The molecule has 0 aliphatic carbocycles. The first-order valence-corrected chi connectivity index (χ1v) is 9.37. The lowest BCUT2D eigenvalue weighted by atomic mass is 10.1. The van der Waals surface area contributed by atoms with Crippen LogP contribution in [0.1, 0.15) is 48.8 Å². The van der Waals surface area contributed by atoms with Gasteiger partial charge in [0, 0.05) is 24.1 Å². The van der Waals surface area contributed by atoms with Gasteiger partial charge in [0.2, 0.25) is 0 Å². The van der Waals surface area contributed by atoms with Crippen LogP contribution < -0.4 is 5.56 Å². The normalized spacial score (nSPS) is 11.9. The number of carbonyl (C=O) groups excluding carboxylic acids is 1. The predicted octanol–water partition coefficient (Wildman–Crippen LogP) is 4.02. The molecule has 8 nitrogen and oxygen atoms in total. The molecule has 1 heterocycles. The van der Waals surface area contributed by atoms with Crippen molar-refractivity contribution in [2.45, 2.75) is 39.3 Å². The van der Waals surface area contributed by atoms with Gasteiger partial charge in [-0.05, 0) is 25.0 Å². The van der Waals surface area contributed by atoms with Crippen LogP contribution in [0.15, 0.2) is 53.3 Å². The average Bonchev–Trinajstić information content (AvgIpc) is 2.73. The van der Waals surface area contributed by atoms with Crippen molar-refractivity contribution in [2.75, 3.05) is 0 Å². The number of rotatable bonds is 7. The first-order chi connectivity index (χ1) is 13.9. The highest BCUT2D eigenvalue weighted by atomic mass is 16.6. The summed E-state index contributed by atoms with van der Waals surface area (Å²) < 4.78 is 6.82. The highest BCUT2D eigenvalue weighted by molar-refractivity contribution is 6.02. The van der Waals surface area contributed by atoms with Gasteiger partial charge in [0.05, 0.1) is 10.3 Å². The second kappa shape index (κ2) is 8.64. The molecule has 0 aliphatic heterocycles. The maximum atomic E-state index is 12.9. The number of nitro benzene ring substituents is 1. The lowest BCUT2D eigenvalue weighted by Crippen LogP contribution is -2.27. The number of hydrogen-bond donors (Lipinski definition) is 0. The fourth-order valence-corrected chi connectivity index (χ4v) is 3.02. The number of aryl methyl sites for hydroxylation is 1.